The number of aromatic nitrogens is 1. The van der Waals surface area contributed by atoms with Crippen LogP contribution in [-0.4, -0.2) is 63.0 Å². The lowest BCUT2D eigenvalue weighted by Gasteiger charge is -2.31. The van der Waals surface area contributed by atoms with Gasteiger partial charge in [-0.15, -0.1) is 0 Å². The Morgan fingerprint density at radius 3 is 2.62 bits per heavy atom. The molecule has 0 atom stereocenters. The highest BCUT2D eigenvalue weighted by atomic mass is 32.2. The van der Waals surface area contributed by atoms with E-state index >= 15 is 0 Å². The molecule has 1 aromatic heterocycles. The molecule has 3 amide bonds. The Morgan fingerprint density at radius 1 is 1.22 bits per heavy atom. The van der Waals surface area contributed by atoms with Crippen molar-refractivity contribution in [3.8, 4) is 17.4 Å². The van der Waals surface area contributed by atoms with E-state index in [1.54, 1.807) is 36.1 Å². The van der Waals surface area contributed by atoms with Gasteiger partial charge >= 0.3 is 0 Å². The van der Waals surface area contributed by atoms with Gasteiger partial charge in [0.25, 0.3) is 16.8 Å². The van der Waals surface area contributed by atoms with Crippen molar-refractivity contribution in [3.63, 3.8) is 0 Å². The molecule has 2 aromatic rings. The van der Waals surface area contributed by atoms with Crippen LogP contribution in [0.1, 0.15) is 32.3 Å². The van der Waals surface area contributed by atoms with Crippen LogP contribution in [0.15, 0.2) is 41.4 Å². The molecule has 0 unspecified atom stereocenters. The fraction of sp³-hybridized carbons (Fsp3) is 0.360. The van der Waals surface area contributed by atoms with Crippen molar-refractivity contribution >= 4 is 40.6 Å². The van der Waals surface area contributed by atoms with Crippen molar-refractivity contribution in [1.29, 1.82) is 0 Å². The maximum atomic E-state index is 12.9. The maximum absolute atomic E-state index is 12.9. The van der Waals surface area contributed by atoms with E-state index in [1.165, 1.54) is 12.1 Å². The number of benzene rings is 1. The summed E-state index contributed by atoms with van der Waals surface area (Å²) in [6.07, 6.45) is 4.48. The summed E-state index contributed by atoms with van der Waals surface area (Å²) >= 11 is 0.786. The topological polar surface area (TPSA) is 132 Å². The first-order chi connectivity index (χ1) is 17.7. The van der Waals surface area contributed by atoms with Crippen LogP contribution in [-0.2, 0) is 9.59 Å². The molecule has 3 heterocycles. The number of hydrogen-bond acceptors (Lipinski definition) is 9. The Morgan fingerprint density at radius 2 is 1.97 bits per heavy atom. The Kier molecular flexibility index (Phi) is 8.07. The number of likely N-dealkylation sites (tertiary alicyclic amines) is 1. The van der Waals surface area contributed by atoms with Gasteiger partial charge < -0.3 is 14.4 Å². The van der Waals surface area contributed by atoms with Gasteiger partial charge in [0, 0.05) is 25.2 Å². The standard InChI is InChI=1S/C25H26N4O7S/c1-3-35-20-12-17(4-6-19(20)36-22-7-5-18(14-26-22)29(33)34)13-21-24(31)28(25(32)37-21)15-23(30)27-10-8-16(2)9-11-27/h4-7,12-14,16H,3,8-11,15H2,1-2H3/b21-13-. The Balaban J connectivity index is 1.47. The van der Waals surface area contributed by atoms with E-state index in [9.17, 15) is 24.5 Å². The average molecular weight is 527 g/mol. The zero-order valence-electron chi connectivity index (χ0n) is 20.4. The van der Waals surface area contributed by atoms with Gasteiger partial charge in [-0.1, -0.05) is 13.0 Å². The van der Waals surface area contributed by atoms with Gasteiger partial charge in [0.15, 0.2) is 11.5 Å². The summed E-state index contributed by atoms with van der Waals surface area (Å²) in [6.45, 7) is 5.28. The molecule has 0 bridgehead atoms. The summed E-state index contributed by atoms with van der Waals surface area (Å²) in [4.78, 5) is 55.2. The number of pyridine rings is 1. The molecule has 2 aliphatic heterocycles. The second kappa shape index (κ2) is 11.4. The van der Waals surface area contributed by atoms with E-state index in [1.807, 2.05) is 0 Å². The van der Waals surface area contributed by atoms with Crippen molar-refractivity contribution in [1.82, 2.24) is 14.8 Å². The van der Waals surface area contributed by atoms with Gasteiger partial charge in [-0.05, 0) is 61.2 Å². The number of amides is 3. The average Bonchev–Trinajstić information content (AvgIpc) is 3.13. The highest BCUT2D eigenvalue weighted by Gasteiger charge is 2.37. The molecule has 2 fully saturated rings. The molecule has 11 nitrogen and oxygen atoms in total. The van der Waals surface area contributed by atoms with E-state index in [4.69, 9.17) is 9.47 Å². The van der Waals surface area contributed by atoms with E-state index in [-0.39, 0.29) is 28.9 Å². The minimum Gasteiger partial charge on any atom is -0.490 e. The lowest BCUT2D eigenvalue weighted by atomic mass is 9.99. The zero-order chi connectivity index (χ0) is 26.5. The Labute approximate surface area is 217 Å². The minimum absolute atomic E-state index is 0.147. The number of nitrogens with zero attached hydrogens (tertiary/aromatic N) is 4. The molecule has 0 N–H and O–H groups in total. The molecule has 0 saturated carbocycles. The Hall–Kier alpha value is -3.93. The van der Waals surface area contributed by atoms with Gasteiger partial charge in [0.2, 0.25) is 11.8 Å². The second-order valence-electron chi connectivity index (χ2n) is 8.68. The largest absolute Gasteiger partial charge is 0.490 e. The van der Waals surface area contributed by atoms with Gasteiger partial charge in [0.05, 0.1) is 16.4 Å². The molecule has 0 radical (unpaired) electrons. The Bertz CT molecular complexity index is 1240. The third-order valence-electron chi connectivity index (χ3n) is 6.01. The van der Waals surface area contributed by atoms with Crippen molar-refractivity contribution in [2.45, 2.75) is 26.7 Å². The molecular formula is C25H26N4O7S. The summed E-state index contributed by atoms with van der Waals surface area (Å²) in [5.41, 5.74) is 0.434. The summed E-state index contributed by atoms with van der Waals surface area (Å²) in [5, 5.41) is 10.3. The summed E-state index contributed by atoms with van der Waals surface area (Å²) in [6, 6.07) is 7.60. The van der Waals surface area contributed by atoms with Crippen LogP contribution in [0.5, 0.6) is 17.4 Å². The van der Waals surface area contributed by atoms with Crippen molar-refractivity contribution in [2.24, 2.45) is 5.92 Å². The first kappa shape index (κ1) is 26.1. The molecule has 4 rings (SSSR count). The molecule has 194 valence electrons. The van der Waals surface area contributed by atoms with Gasteiger partial charge in [-0.2, -0.15) is 0 Å². The van der Waals surface area contributed by atoms with Crippen molar-refractivity contribution < 1.29 is 28.8 Å². The number of thioether (sulfide) groups is 1. The van der Waals surface area contributed by atoms with Crippen LogP contribution in [0.4, 0.5) is 10.5 Å². The van der Waals surface area contributed by atoms with Crippen molar-refractivity contribution in [3.05, 3.63) is 57.1 Å². The predicted octanol–water partition coefficient (Wildman–Crippen LogP) is 4.48. The number of nitro groups is 1. The van der Waals surface area contributed by atoms with Crippen LogP contribution >= 0.6 is 11.8 Å². The number of piperidine rings is 1. The smallest absolute Gasteiger partial charge is 0.294 e. The zero-order valence-corrected chi connectivity index (χ0v) is 21.2. The van der Waals surface area contributed by atoms with Crippen LogP contribution < -0.4 is 9.47 Å². The quantitative estimate of drug-likeness (QED) is 0.277. The predicted molar refractivity (Wildman–Crippen MR) is 136 cm³/mol. The van der Waals surface area contributed by atoms with Gasteiger partial charge in [0.1, 0.15) is 12.7 Å². The number of imide groups is 1. The third-order valence-corrected chi connectivity index (χ3v) is 6.92. The fourth-order valence-electron chi connectivity index (χ4n) is 3.90. The number of carbonyl (C=O) groups excluding carboxylic acids is 3. The summed E-state index contributed by atoms with van der Waals surface area (Å²) < 4.78 is 11.4. The normalized spacial score (nSPS) is 17.4. The maximum Gasteiger partial charge on any atom is 0.294 e. The van der Waals surface area contributed by atoms with Crippen LogP contribution in [0.25, 0.3) is 6.08 Å². The molecular weight excluding hydrogens is 500 g/mol. The molecule has 0 aliphatic carbocycles. The van der Waals surface area contributed by atoms with Crippen LogP contribution in [0, 0.1) is 16.0 Å². The first-order valence-electron chi connectivity index (χ1n) is 11.8. The van der Waals surface area contributed by atoms with E-state index in [2.05, 4.69) is 11.9 Å². The van der Waals surface area contributed by atoms with Gasteiger partial charge in [-0.3, -0.25) is 29.4 Å². The van der Waals surface area contributed by atoms with E-state index in [0.29, 0.717) is 42.7 Å². The number of rotatable bonds is 8. The fourth-order valence-corrected chi connectivity index (χ4v) is 4.74. The second-order valence-corrected chi connectivity index (χ2v) is 9.68. The molecule has 37 heavy (non-hydrogen) atoms. The van der Waals surface area contributed by atoms with Gasteiger partial charge in [-0.25, -0.2) is 4.98 Å². The third kappa shape index (κ3) is 6.26. The summed E-state index contributed by atoms with van der Waals surface area (Å²) in [7, 11) is 0. The number of carbonyl (C=O) groups is 3. The number of hydrogen-bond donors (Lipinski definition) is 0. The van der Waals surface area contributed by atoms with Crippen LogP contribution in [0.3, 0.4) is 0 Å². The molecule has 1 aromatic carbocycles. The van der Waals surface area contributed by atoms with Crippen LogP contribution in [0.2, 0.25) is 0 Å². The summed E-state index contributed by atoms with van der Waals surface area (Å²) in [5.74, 6) is 0.666. The monoisotopic (exact) mass is 526 g/mol. The minimum atomic E-state index is -0.553. The van der Waals surface area contributed by atoms with E-state index in [0.717, 1.165) is 35.7 Å². The van der Waals surface area contributed by atoms with E-state index < -0.39 is 16.1 Å². The molecule has 2 aliphatic rings. The highest BCUT2D eigenvalue weighted by molar-refractivity contribution is 8.18. The lowest BCUT2D eigenvalue weighted by Crippen LogP contribution is -2.45. The molecule has 0 spiro atoms. The highest BCUT2D eigenvalue weighted by Crippen LogP contribution is 2.36. The molecule has 12 heteroatoms. The molecule has 2 saturated heterocycles. The van der Waals surface area contributed by atoms with Crippen molar-refractivity contribution in [2.75, 3.05) is 26.2 Å². The first-order valence-corrected chi connectivity index (χ1v) is 12.6. The number of ether oxygens (including phenoxy) is 2. The lowest BCUT2D eigenvalue weighted by molar-refractivity contribution is -0.385. The SMILES string of the molecule is CCOc1cc(/C=C2\SC(=O)N(CC(=O)N3CCC(C)CC3)C2=O)ccc1Oc1ccc([N+](=O)[O-])cn1.